The lowest BCUT2D eigenvalue weighted by molar-refractivity contribution is -0.0561. The lowest BCUT2D eigenvalue weighted by atomic mass is 9.94. The standard InChI is InChI=1S/C20H26N2O2S/c1-2-5-18(6-3-1)21-12-17-11-20(24-14-17)15-22(8-9-23-16-20)13-19-7-4-10-25-19/h1-7,10,17,21H,8-9,11-16H2. The van der Waals surface area contributed by atoms with E-state index in [1.54, 1.807) is 0 Å². The molecule has 2 fully saturated rings. The molecule has 1 spiro atoms. The van der Waals surface area contributed by atoms with Crippen LogP contribution >= 0.6 is 11.3 Å². The molecule has 4 rings (SSSR count). The molecule has 2 unspecified atom stereocenters. The molecular formula is C20H26N2O2S. The Morgan fingerprint density at radius 1 is 1.20 bits per heavy atom. The van der Waals surface area contributed by atoms with E-state index in [2.05, 4.69) is 52.0 Å². The molecule has 0 saturated carbocycles. The molecule has 1 aromatic carbocycles. The summed E-state index contributed by atoms with van der Waals surface area (Å²) >= 11 is 1.83. The van der Waals surface area contributed by atoms with Crippen molar-refractivity contribution in [3.05, 3.63) is 52.7 Å². The highest BCUT2D eigenvalue weighted by Gasteiger charge is 2.43. The molecule has 2 aliphatic heterocycles. The third-order valence-corrected chi connectivity index (χ3v) is 5.90. The monoisotopic (exact) mass is 358 g/mol. The van der Waals surface area contributed by atoms with Crippen molar-refractivity contribution in [2.45, 2.75) is 18.6 Å². The summed E-state index contributed by atoms with van der Waals surface area (Å²) < 4.78 is 12.2. The van der Waals surface area contributed by atoms with Crippen molar-refractivity contribution in [1.82, 2.24) is 4.90 Å². The van der Waals surface area contributed by atoms with Gasteiger partial charge in [0, 0.05) is 42.7 Å². The first-order chi connectivity index (χ1) is 12.3. The van der Waals surface area contributed by atoms with E-state index < -0.39 is 0 Å². The fourth-order valence-electron chi connectivity index (χ4n) is 3.84. The molecule has 2 saturated heterocycles. The molecule has 4 nitrogen and oxygen atoms in total. The molecule has 3 heterocycles. The number of rotatable bonds is 5. The summed E-state index contributed by atoms with van der Waals surface area (Å²) in [7, 11) is 0. The van der Waals surface area contributed by atoms with Crippen LogP contribution in [0.4, 0.5) is 5.69 Å². The Balaban J connectivity index is 1.34. The smallest absolute Gasteiger partial charge is 0.104 e. The van der Waals surface area contributed by atoms with Crippen LogP contribution in [0, 0.1) is 5.92 Å². The number of para-hydroxylation sites is 1. The fraction of sp³-hybridized carbons (Fsp3) is 0.500. The first-order valence-electron chi connectivity index (χ1n) is 9.07. The number of hydrogen-bond donors (Lipinski definition) is 1. The van der Waals surface area contributed by atoms with Gasteiger partial charge in [-0.1, -0.05) is 24.3 Å². The van der Waals surface area contributed by atoms with Crippen LogP contribution in [0.2, 0.25) is 0 Å². The van der Waals surface area contributed by atoms with Gasteiger partial charge in [0.15, 0.2) is 0 Å². The van der Waals surface area contributed by atoms with E-state index in [9.17, 15) is 0 Å². The van der Waals surface area contributed by atoms with Gasteiger partial charge in [0.2, 0.25) is 0 Å². The molecule has 25 heavy (non-hydrogen) atoms. The average molecular weight is 359 g/mol. The predicted molar refractivity (Wildman–Crippen MR) is 102 cm³/mol. The molecule has 2 atom stereocenters. The van der Waals surface area contributed by atoms with Gasteiger partial charge in [-0.25, -0.2) is 0 Å². The first kappa shape index (κ1) is 17.0. The van der Waals surface area contributed by atoms with Gasteiger partial charge in [-0.15, -0.1) is 11.3 Å². The normalized spacial score (nSPS) is 27.4. The van der Waals surface area contributed by atoms with Crippen LogP contribution in [0.15, 0.2) is 47.8 Å². The minimum absolute atomic E-state index is 0.142. The Hall–Kier alpha value is -1.40. The van der Waals surface area contributed by atoms with Crippen LogP contribution in [-0.2, 0) is 16.0 Å². The van der Waals surface area contributed by atoms with Crippen LogP contribution < -0.4 is 5.32 Å². The second kappa shape index (κ2) is 7.87. The number of thiophene rings is 1. The van der Waals surface area contributed by atoms with Gasteiger partial charge < -0.3 is 14.8 Å². The molecule has 5 heteroatoms. The lowest BCUT2D eigenvalue weighted by Gasteiger charge is -2.31. The molecule has 134 valence electrons. The van der Waals surface area contributed by atoms with Crippen molar-refractivity contribution in [3.63, 3.8) is 0 Å². The summed E-state index contributed by atoms with van der Waals surface area (Å²) in [5.41, 5.74) is 1.04. The zero-order chi connectivity index (χ0) is 17.0. The van der Waals surface area contributed by atoms with Gasteiger partial charge in [0.05, 0.1) is 19.8 Å². The predicted octanol–water partition coefficient (Wildman–Crippen LogP) is 3.47. The van der Waals surface area contributed by atoms with E-state index in [4.69, 9.17) is 9.47 Å². The highest BCUT2D eigenvalue weighted by molar-refractivity contribution is 7.09. The summed E-state index contributed by atoms with van der Waals surface area (Å²) in [4.78, 5) is 3.91. The molecular weight excluding hydrogens is 332 g/mol. The highest BCUT2D eigenvalue weighted by Crippen LogP contribution is 2.33. The fourth-order valence-corrected chi connectivity index (χ4v) is 4.59. The van der Waals surface area contributed by atoms with Crippen LogP contribution in [0.3, 0.4) is 0 Å². The minimum atomic E-state index is -0.142. The minimum Gasteiger partial charge on any atom is -0.385 e. The van der Waals surface area contributed by atoms with Gasteiger partial charge in [-0.05, 0) is 30.0 Å². The number of nitrogens with zero attached hydrogens (tertiary/aromatic N) is 1. The van der Waals surface area contributed by atoms with E-state index >= 15 is 0 Å². The van der Waals surface area contributed by atoms with Gasteiger partial charge >= 0.3 is 0 Å². The van der Waals surface area contributed by atoms with Gasteiger partial charge in [-0.2, -0.15) is 0 Å². The third kappa shape index (κ3) is 4.42. The lowest BCUT2D eigenvalue weighted by Crippen LogP contribution is -2.43. The largest absolute Gasteiger partial charge is 0.385 e. The van der Waals surface area contributed by atoms with Crippen LogP contribution in [0.25, 0.3) is 0 Å². The zero-order valence-electron chi connectivity index (χ0n) is 14.5. The molecule has 0 bridgehead atoms. The Morgan fingerprint density at radius 2 is 2.12 bits per heavy atom. The quantitative estimate of drug-likeness (QED) is 0.887. The third-order valence-electron chi connectivity index (χ3n) is 5.04. The molecule has 0 radical (unpaired) electrons. The number of anilines is 1. The summed E-state index contributed by atoms with van der Waals surface area (Å²) in [6.07, 6.45) is 1.06. The van der Waals surface area contributed by atoms with E-state index in [1.165, 1.54) is 10.6 Å². The Kier molecular flexibility index (Phi) is 5.36. The number of nitrogens with one attached hydrogen (secondary N) is 1. The second-order valence-corrected chi connectivity index (χ2v) is 8.19. The van der Waals surface area contributed by atoms with Crippen molar-refractivity contribution in [2.75, 3.05) is 44.8 Å². The maximum absolute atomic E-state index is 6.31. The summed E-state index contributed by atoms with van der Waals surface area (Å²) in [6.45, 7) is 6.23. The van der Waals surface area contributed by atoms with E-state index in [-0.39, 0.29) is 5.60 Å². The summed E-state index contributed by atoms with van der Waals surface area (Å²) in [5, 5.41) is 5.69. The highest BCUT2D eigenvalue weighted by atomic mass is 32.1. The van der Waals surface area contributed by atoms with Gasteiger partial charge in [0.25, 0.3) is 0 Å². The average Bonchev–Trinajstić information content (AvgIpc) is 3.23. The van der Waals surface area contributed by atoms with E-state index in [0.717, 1.165) is 52.4 Å². The Morgan fingerprint density at radius 3 is 2.96 bits per heavy atom. The maximum Gasteiger partial charge on any atom is 0.104 e. The van der Waals surface area contributed by atoms with Crippen molar-refractivity contribution in [2.24, 2.45) is 5.92 Å². The molecule has 0 aliphatic carbocycles. The van der Waals surface area contributed by atoms with Gasteiger partial charge in [-0.3, -0.25) is 4.90 Å². The second-order valence-electron chi connectivity index (χ2n) is 7.15. The van der Waals surface area contributed by atoms with Crippen LogP contribution in [-0.4, -0.2) is 50.0 Å². The number of ether oxygens (including phenoxy) is 2. The van der Waals surface area contributed by atoms with Gasteiger partial charge in [0.1, 0.15) is 5.60 Å². The number of benzene rings is 1. The van der Waals surface area contributed by atoms with Crippen LogP contribution in [0.5, 0.6) is 0 Å². The van der Waals surface area contributed by atoms with Crippen molar-refractivity contribution >= 4 is 17.0 Å². The first-order valence-corrected chi connectivity index (χ1v) is 9.95. The molecule has 1 N–H and O–H groups in total. The molecule has 1 aromatic heterocycles. The van der Waals surface area contributed by atoms with Crippen LogP contribution in [0.1, 0.15) is 11.3 Å². The van der Waals surface area contributed by atoms with E-state index in [1.807, 2.05) is 17.4 Å². The Labute approximate surface area is 153 Å². The van der Waals surface area contributed by atoms with Crippen molar-refractivity contribution in [1.29, 1.82) is 0 Å². The zero-order valence-corrected chi connectivity index (χ0v) is 15.3. The summed E-state index contributed by atoms with van der Waals surface area (Å²) in [5.74, 6) is 0.533. The van der Waals surface area contributed by atoms with Crippen molar-refractivity contribution in [3.8, 4) is 0 Å². The number of hydrogen-bond acceptors (Lipinski definition) is 5. The summed E-state index contributed by atoms with van der Waals surface area (Å²) in [6, 6.07) is 14.7. The van der Waals surface area contributed by atoms with E-state index in [0.29, 0.717) is 5.92 Å². The molecule has 2 aromatic rings. The topological polar surface area (TPSA) is 33.7 Å². The SMILES string of the molecule is c1ccc(NCC2COC3(COCCN(Cc4cccs4)C3)C2)cc1. The Bertz CT molecular complexity index is 649. The molecule has 2 aliphatic rings. The molecule has 0 amide bonds. The maximum atomic E-state index is 6.31. The van der Waals surface area contributed by atoms with Crippen molar-refractivity contribution < 1.29 is 9.47 Å².